The summed E-state index contributed by atoms with van der Waals surface area (Å²) in [6.45, 7) is 4.85. The molecule has 2 fully saturated rings. The molecule has 1 aromatic heterocycles. The Labute approximate surface area is 128 Å². The number of nitrogens with one attached hydrogen (secondary N) is 1. The van der Waals surface area contributed by atoms with Gasteiger partial charge in [0.15, 0.2) is 0 Å². The Bertz CT molecular complexity index is 606. The number of hydrogen-bond donors (Lipinski definition) is 1. The van der Waals surface area contributed by atoms with E-state index in [0.29, 0.717) is 6.54 Å². The van der Waals surface area contributed by atoms with Crippen LogP contribution in [-0.2, 0) is 0 Å². The summed E-state index contributed by atoms with van der Waals surface area (Å²) in [5.74, 6) is 0.773. The van der Waals surface area contributed by atoms with Gasteiger partial charge in [-0.3, -0.25) is 10.1 Å². The second-order valence-electron chi connectivity index (χ2n) is 5.76. The highest BCUT2D eigenvalue weighted by Gasteiger charge is 2.32. The van der Waals surface area contributed by atoms with E-state index in [0.717, 1.165) is 43.9 Å². The number of carbonyl (C=O) groups excluding carboxylic acids is 1. The molecule has 2 aliphatic rings. The molecule has 0 aliphatic carbocycles. The van der Waals surface area contributed by atoms with Gasteiger partial charge in [-0.1, -0.05) is 0 Å². The second-order valence-corrected chi connectivity index (χ2v) is 5.76. The van der Waals surface area contributed by atoms with Crippen molar-refractivity contribution in [3.63, 3.8) is 0 Å². The number of aryl methyl sites for hydroxylation is 1. The van der Waals surface area contributed by atoms with Crippen LogP contribution in [0.15, 0.2) is 12.3 Å². The number of nitro groups is 1. The molecule has 0 spiro atoms. The minimum Gasteiger partial charge on any atom is -0.354 e. The van der Waals surface area contributed by atoms with Crippen molar-refractivity contribution >= 4 is 17.5 Å². The predicted molar refractivity (Wildman–Crippen MR) is 81.0 cm³/mol. The van der Waals surface area contributed by atoms with Crippen molar-refractivity contribution < 1.29 is 9.72 Å². The van der Waals surface area contributed by atoms with Crippen LogP contribution in [-0.4, -0.2) is 53.1 Å². The van der Waals surface area contributed by atoms with E-state index in [4.69, 9.17) is 0 Å². The smallest absolute Gasteiger partial charge is 0.317 e. The highest BCUT2D eigenvalue weighted by molar-refractivity contribution is 5.76. The first-order chi connectivity index (χ1) is 10.6. The van der Waals surface area contributed by atoms with Crippen LogP contribution in [0.2, 0.25) is 0 Å². The van der Waals surface area contributed by atoms with Gasteiger partial charge in [-0.25, -0.2) is 9.78 Å². The minimum absolute atomic E-state index is 0.000214. The normalized spacial score (nSPS) is 21.9. The summed E-state index contributed by atoms with van der Waals surface area (Å²) in [7, 11) is 0. The maximum absolute atomic E-state index is 11.8. The zero-order valence-corrected chi connectivity index (χ0v) is 12.5. The molecule has 1 N–H and O–H groups in total. The monoisotopic (exact) mass is 305 g/mol. The quantitative estimate of drug-likeness (QED) is 0.671. The molecule has 1 atom stereocenters. The average Bonchev–Trinajstić information content (AvgIpc) is 2.93. The number of rotatable bonds is 3. The molecule has 1 aromatic rings. The summed E-state index contributed by atoms with van der Waals surface area (Å²) in [4.78, 5) is 30.5. The Kier molecular flexibility index (Phi) is 3.82. The van der Waals surface area contributed by atoms with Crippen molar-refractivity contribution in [1.82, 2.24) is 15.2 Å². The van der Waals surface area contributed by atoms with Crippen LogP contribution in [0.5, 0.6) is 0 Å². The Morgan fingerprint density at radius 3 is 2.91 bits per heavy atom. The zero-order chi connectivity index (χ0) is 15.7. The van der Waals surface area contributed by atoms with Gasteiger partial charge in [-0.05, 0) is 25.3 Å². The van der Waals surface area contributed by atoms with Gasteiger partial charge in [0.05, 0.1) is 11.0 Å². The maximum Gasteiger partial charge on any atom is 0.317 e. The van der Waals surface area contributed by atoms with Gasteiger partial charge in [-0.2, -0.15) is 0 Å². The molecular formula is C14H19N5O3. The standard InChI is InChI=1S/C14H19N5O3/c1-10-7-12(19(21)22)8-16-13(10)17-5-2-3-11(9-17)18-6-4-15-14(18)20/h7-8,11H,2-6,9H2,1H3,(H,15,20)/t11-/m1/s1. The number of amides is 2. The summed E-state index contributed by atoms with van der Waals surface area (Å²) in [6.07, 6.45) is 3.26. The molecule has 3 rings (SSSR count). The zero-order valence-electron chi connectivity index (χ0n) is 12.5. The molecule has 8 nitrogen and oxygen atoms in total. The van der Waals surface area contributed by atoms with E-state index < -0.39 is 4.92 Å². The number of nitrogens with zero attached hydrogens (tertiary/aromatic N) is 4. The fourth-order valence-electron chi connectivity index (χ4n) is 3.22. The second kappa shape index (κ2) is 5.78. The maximum atomic E-state index is 11.8. The molecule has 0 bridgehead atoms. The van der Waals surface area contributed by atoms with E-state index in [1.54, 1.807) is 6.07 Å². The van der Waals surface area contributed by atoms with E-state index in [2.05, 4.69) is 15.2 Å². The molecule has 3 heterocycles. The summed E-state index contributed by atoms with van der Waals surface area (Å²) in [5.41, 5.74) is 0.800. The largest absolute Gasteiger partial charge is 0.354 e. The number of urea groups is 1. The van der Waals surface area contributed by atoms with Gasteiger partial charge >= 0.3 is 6.03 Å². The molecule has 118 valence electrons. The first-order valence-corrected chi connectivity index (χ1v) is 7.46. The first kappa shape index (κ1) is 14.6. The summed E-state index contributed by atoms with van der Waals surface area (Å²) < 4.78 is 0. The van der Waals surface area contributed by atoms with Gasteiger partial charge in [0.2, 0.25) is 0 Å². The van der Waals surface area contributed by atoms with Gasteiger partial charge in [-0.15, -0.1) is 0 Å². The fraction of sp³-hybridized carbons (Fsp3) is 0.571. The lowest BCUT2D eigenvalue weighted by Gasteiger charge is -2.38. The summed E-state index contributed by atoms with van der Waals surface area (Å²) >= 11 is 0. The van der Waals surface area contributed by atoms with Crippen LogP contribution in [0.4, 0.5) is 16.3 Å². The fourth-order valence-corrected chi connectivity index (χ4v) is 3.22. The third kappa shape index (κ3) is 2.68. The topological polar surface area (TPSA) is 91.6 Å². The lowest BCUT2D eigenvalue weighted by molar-refractivity contribution is -0.385. The molecule has 8 heteroatoms. The minimum atomic E-state index is -0.433. The molecule has 0 radical (unpaired) electrons. The highest BCUT2D eigenvalue weighted by Crippen LogP contribution is 2.26. The van der Waals surface area contributed by atoms with Gasteiger partial charge in [0.1, 0.15) is 12.0 Å². The van der Waals surface area contributed by atoms with Crippen LogP contribution in [0.25, 0.3) is 0 Å². The van der Waals surface area contributed by atoms with Crippen molar-refractivity contribution in [1.29, 1.82) is 0 Å². The summed E-state index contributed by atoms with van der Waals surface area (Å²) in [6, 6.07) is 1.72. The van der Waals surface area contributed by atoms with Crippen LogP contribution < -0.4 is 10.2 Å². The van der Waals surface area contributed by atoms with Crippen LogP contribution >= 0.6 is 0 Å². The van der Waals surface area contributed by atoms with E-state index >= 15 is 0 Å². The highest BCUT2D eigenvalue weighted by atomic mass is 16.6. The van der Waals surface area contributed by atoms with Crippen molar-refractivity contribution in [2.24, 2.45) is 0 Å². The van der Waals surface area contributed by atoms with Crippen molar-refractivity contribution in [2.75, 3.05) is 31.1 Å². The number of hydrogen-bond acceptors (Lipinski definition) is 5. The van der Waals surface area contributed by atoms with Crippen LogP contribution in [0.1, 0.15) is 18.4 Å². The molecular weight excluding hydrogens is 286 g/mol. The predicted octanol–water partition coefficient (Wildman–Crippen LogP) is 1.29. The SMILES string of the molecule is Cc1cc([N+](=O)[O-])cnc1N1CCC[C@@H](N2CCNC2=O)C1. The average molecular weight is 305 g/mol. The molecule has 0 aromatic carbocycles. The van der Waals surface area contributed by atoms with Crippen LogP contribution in [0, 0.1) is 17.0 Å². The number of pyridine rings is 1. The number of piperidine rings is 1. The van der Waals surface area contributed by atoms with Crippen LogP contribution in [0.3, 0.4) is 0 Å². The third-order valence-electron chi connectivity index (χ3n) is 4.27. The molecule has 0 saturated carbocycles. The van der Waals surface area contributed by atoms with E-state index in [-0.39, 0.29) is 17.8 Å². The molecule has 2 saturated heterocycles. The number of carbonyl (C=O) groups is 1. The Morgan fingerprint density at radius 2 is 2.27 bits per heavy atom. The Hall–Kier alpha value is -2.38. The van der Waals surface area contributed by atoms with Gasteiger partial charge < -0.3 is 15.1 Å². The number of anilines is 1. The first-order valence-electron chi connectivity index (χ1n) is 7.46. The van der Waals surface area contributed by atoms with Gasteiger partial charge in [0.25, 0.3) is 5.69 Å². The lowest BCUT2D eigenvalue weighted by Crippen LogP contribution is -2.49. The lowest BCUT2D eigenvalue weighted by atomic mass is 10.0. The number of aromatic nitrogens is 1. The molecule has 0 unspecified atom stereocenters. The molecule has 22 heavy (non-hydrogen) atoms. The van der Waals surface area contributed by atoms with E-state index in [1.807, 2.05) is 11.8 Å². The molecule has 2 amide bonds. The van der Waals surface area contributed by atoms with E-state index in [1.165, 1.54) is 6.20 Å². The summed E-state index contributed by atoms with van der Waals surface area (Å²) in [5, 5.41) is 13.6. The van der Waals surface area contributed by atoms with Crippen molar-refractivity contribution in [2.45, 2.75) is 25.8 Å². The third-order valence-corrected chi connectivity index (χ3v) is 4.27. The Balaban J connectivity index is 1.77. The van der Waals surface area contributed by atoms with Crippen molar-refractivity contribution in [3.05, 3.63) is 27.9 Å². The van der Waals surface area contributed by atoms with Gasteiger partial charge in [0, 0.05) is 32.2 Å². The van der Waals surface area contributed by atoms with E-state index in [9.17, 15) is 14.9 Å². The molecule has 2 aliphatic heterocycles. The van der Waals surface area contributed by atoms with Crippen molar-refractivity contribution in [3.8, 4) is 0 Å². The Morgan fingerprint density at radius 1 is 1.45 bits per heavy atom.